The number of nitro groups is 1. The van der Waals surface area contributed by atoms with Gasteiger partial charge in [0.15, 0.2) is 5.52 Å². The molecular weight excluding hydrogens is 212 g/mol. The van der Waals surface area contributed by atoms with Gasteiger partial charge in [-0.3, -0.25) is 25.2 Å². The van der Waals surface area contributed by atoms with Crippen LogP contribution >= 0.6 is 0 Å². The van der Waals surface area contributed by atoms with Gasteiger partial charge in [-0.2, -0.15) is 0 Å². The van der Waals surface area contributed by atoms with Gasteiger partial charge in [-0.25, -0.2) is 0 Å². The number of H-pyrrole nitrogens is 1. The van der Waals surface area contributed by atoms with Crippen LogP contribution in [0.3, 0.4) is 0 Å². The van der Waals surface area contributed by atoms with Crippen molar-refractivity contribution in [2.24, 2.45) is 0 Å². The van der Waals surface area contributed by atoms with Crippen LogP contribution in [-0.2, 0) is 0 Å². The normalized spacial score (nSPS) is 11.0. The first kappa shape index (κ1) is 8.65. The van der Waals surface area contributed by atoms with Crippen LogP contribution in [0.15, 0.2) is 18.5 Å². The van der Waals surface area contributed by atoms with Gasteiger partial charge in [-0.1, -0.05) is 5.21 Å². The van der Waals surface area contributed by atoms with Crippen LogP contribution in [0.1, 0.15) is 0 Å². The molecule has 0 radical (unpaired) electrons. The first-order valence-corrected chi connectivity index (χ1v) is 4.36. The molecule has 1 aromatic carbocycles. The van der Waals surface area contributed by atoms with E-state index in [0.29, 0.717) is 16.6 Å². The highest BCUT2D eigenvalue weighted by atomic mass is 16.6. The molecule has 0 saturated heterocycles. The minimum Gasteiger partial charge on any atom is -0.258 e. The van der Waals surface area contributed by atoms with Gasteiger partial charge in [0.05, 0.1) is 10.4 Å². The summed E-state index contributed by atoms with van der Waals surface area (Å²) >= 11 is 0. The van der Waals surface area contributed by atoms with Gasteiger partial charge >= 0.3 is 5.69 Å². The van der Waals surface area contributed by atoms with Crippen molar-refractivity contribution in [1.29, 1.82) is 0 Å². The van der Waals surface area contributed by atoms with Crippen molar-refractivity contribution in [2.45, 2.75) is 0 Å². The van der Waals surface area contributed by atoms with Crippen molar-refractivity contribution in [3.8, 4) is 0 Å². The summed E-state index contributed by atoms with van der Waals surface area (Å²) in [5, 5.41) is 20.6. The van der Waals surface area contributed by atoms with E-state index in [2.05, 4.69) is 25.4 Å². The van der Waals surface area contributed by atoms with E-state index < -0.39 is 4.92 Å². The fraction of sp³-hybridized carbons (Fsp3) is 0. The predicted molar refractivity (Wildman–Crippen MR) is 53.6 cm³/mol. The van der Waals surface area contributed by atoms with Crippen LogP contribution in [-0.4, -0.2) is 30.3 Å². The monoisotopic (exact) mass is 216 g/mol. The average Bonchev–Trinajstić information content (AvgIpc) is 2.76. The Hall–Kier alpha value is -2.64. The van der Waals surface area contributed by atoms with Crippen LogP contribution < -0.4 is 0 Å². The lowest BCUT2D eigenvalue weighted by Gasteiger charge is -1.97. The fourth-order valence-electron chi connectivity index (χ4n) is 1.56. The van der Waals surface area contributed by atoms with Crippen molar-refractivity contribution in [2.75, 3.05) is 0 Å². The molecule has 2 aromatic heterocycles. The molecule has 0 aliphatic carbocycles. The number of hydrogen-bond donors (Lipinski definition) is 1. The summed E-state index contributed by atoms with van der Waals surface area (Å²) in [6.45, 7) is 0. The highest BCUT2D eigenvalue weighted by Crippen LogP contribution is 2.27. The number of benzene rings is 1. The number of nitrogens with one attached hydrogen (secondary N) is 1. The van der Waals surface area contributed by atoms with Crippen LogP contribution in [0.2, 0.25) is 0 Å². The van der Waals surface area contributed by atoms with Gasteiger partial charge in [-0.05, 0) is 0 Å². The third-order valence-electron chi connectivity index (χ3n) is 2.22. The number of nitrogens with zero attached hydrogens (tertiary/aromatic N) is 5. The van der Waals surface area contributed by atoms with Crippen LogP contribution in [0.5, 0.6) is 0 Å². The van der Waals surface area contributed by atoms with Gasteiger partial charge in [0.1, 0.15) is 11.0 Å². The maximum Gasteiger partial charge on any atom is 0.301 e. The molecule has 0 aliphatic heterocycles. The summed E-state index contributed by atoms with van der Waals surface area (Å²) in [5.41, 5.74) is 1.45. The summed E-state index contributed by atoms with van der Waals surface area (Å²) in [7, 11) is 0. The van der Waals surface area contributed by atoms with E-state index >= 15 is 0 Å². The third-order valence-corrected chi connectivity index (χ3v) is 2.22. The predicted octanol–water partition coefficient (Wildman–Crippen LogP) is 0.809. The van der Waals surface area contributed by atoms with Crippen molar-refractivity contribution in [1.82, 2.24) is 25.4 Å². The molecule has 0 fully saturated rings. The zero-order chi connectivity index (χ0) is 11.1. The van der Waals surface area contributed by atoms with Gasteiger partial charge in [0, 0.05) is 18.5 Å². The molecule has 3 rings (SSSR count). The average molecular weight is 216 g/mol. The molecule has 0 amide bonds. The molecule has 8 nitrogen and oxygen atoms in total. The quantitative estimate of drug-likeness (QED) is 0.476. The van der Waals surface area contributed by atoms with Crippen LogP contribution in [0.4, 0.5) is 5.69 Å². The Kier molecular flexibility index (Phi) is 1.58. The molecule has 3 aromatic rings. The smallest absolute Gasteiger partial charge is 0.258 e. The number of fused-ring (bicyclic) bond motifs is 3. The van der Waals surface area contributed by atoms with E-state index in [-0.39, 0.29) is 11.2 Å². The Morgan fingerprint density at radius 1 is 1.25 bits per heavy atom. The Balaban J connectivity index is 2.58. The summed E-state index contributed by atoms with van der Waals surface area (Å²) in [5.74, 6) is 0. The Morgan fingerprint density at radius 2 is 2.06 bits per heavy atom. The molecule has 1 N–H and O–H groups in total. The Bertz CT molecular complexity index is 706. The van der Waals surface area contributed by atoms with Gasteiger partial charge in [0.2, 0.25) is 0 Å². The van der Waals surface area contributed by atoms with E-state index in [4.69, 9.17) is 0 Å². The van der Waals surface area contributed by atoms with Gasteiger partial charge < -0.3 is 0 Å². The van der Waals surface area contributed by atoms with Gasteiger partial charge in [0.25, 0.3) is 0 Å². The van der Waals surface area contributed by atoms with E-state index in [9.17, 15) is 10.1 Å². The first-order valence-electron chi connectivity index (χ1n) is 4.36. The molecule has 2 heterocycles. The number of aromatic nitrogens is 5. The maximum absolute atomic E-state index is 10.8. The molecular formula is C8H4N6O2. The number of nitro benzene ring substituents is 1. The molecule has 78 valence electrons. The maximum atomic E-state index is 10.8. The third kappa shape index (κ3) is 1.03. The van der Waals surface area contributed by atoms with E-state index in [1.54, 1.807) is 0 Å². The second kappa shape index (κ2) is 2.92. The molecule has 8 heteroatoms. The summed E-state index contributed by atoms with van der Waals surface area (Å²) in [6, 6.07) is 1.34. The second-order valence-corrected chi connectivity index (χ2v) is 3.11. The van der Waals surface area contributed by atoms with Crippen molar-refractivity contribution >= 4 is 27.8 Å². The summed E-state index contributed by atoms with van der Waals surface area (Å²) in [6.07, 6.45) is 2.98. The molecule has 0 saturated carbocycles. The highest BCUT2D eigenvalue weighted by molar-refractivity contribution is 6.03. The lowest BCUT2D eigenvalue weighted by atomic mass is 10.2. The lowest BCUT2D eigenvalue weighted by Crippen LogP contribution is -1.92. The minimum atomic E-state index is -0.515. The van der Waals surface area contributed by atoms with Crippen LogP contribution in [0.25, 0.3) is 22.1 Å². The summed E-state index contributed by atoms with van der Waals surface area (Å²) < 4.78 is 0. The zero-order valence-corrected chi connectivity index (χ0v) is 7.78. The standard InChI is InChI=1S/C8H4N6O2/c15-14(16)5-3-4-6(10-2-1-9-4)8-7(5)11-13-12-8/h1-3H,(H,11,12,13). The second-order valence-electron chi connectivity index (χ2n) is 3.11. The zero-order valence-electron chi connectivity index (χ0n) is 7.78. The van der Waals surface area contributed by atoms with E-state index in [0.717, 1.165) is 0 Å². The first-order chi connectivity index (χ1) is 7.77. The molecule has 0 spiro atoms. The van der Waals surface area contributed by atoms with Crippen molar-refractivity contribution in [3.05, 3.63) is 28.6 Å². The minimum absolute atomic E-state index is 0.128. The van der Waals surface area contributed by atoms with Gasteiger partial charge in [-0.15, -0.1) is 5.10 Å². The molecule has 0 unspecified atom stereocenters. The fourth-order valence-corrected chi connectivity index (χ4v) is 1.56. The van der Waals surface area contributed by atoms with Crippen molar-refractivity contribution < 1.29 is 4.92 Å². The topological polar surface area (TPSA) is 110 Å². The molecule has 0 aliphatic rings. The Labute approximate surface area is 87.5 Å². The largest absolute Gasteiger partial charge is 0.301 e. The van der Waals surface area contributed by atoms with Crippen LogP contribution in [0, 0.1) is 10.1 Å². The van der Waals surface area contributed by atoms with Crippen molar-refractivity contribution in [3.63, 3.8) is 0 Å². The SMILES string of the molecule is O=[N+]([O-])c1cc2nccnc2c2[nH]nnc12. The number of rotatable bonds is 1. The number of aromatic amines is 1. The number of non-ortho nitro benzene ring substituents is 1. The molecule has 16 heavy (non-hydrogen) atoms. The molecule has 0 bridgehead atoms. The van der Waals surface area contributed by atoms with E-state index in [1.807, 2.05) is 0 Å². The number of hydrogen-bond acceptors (Lipinski definition) is 6. The Morgan fingerprint density at radius 3 is 2.88 bits per heavy atom. The van der Waals surface area contributed by atoms with E-state index in [1.165, 1.54) is 18.5 Å². The molecule has 0 atom stereocenters. The lowest BCUT2D eigenvalue weighted by molar-refractivity contribution is -0.383. The highest BCUT2D eigenvalue weighted by Gasteiger charge is 2.19. The summed E-state index contributed by atoms with van der Waals surface area (Å²) in [4.78, 5) is 18.4.